The standard InChI is InChI=1S/C13H22N2/c1-4-5-6-7-12(3)15-13-8-9-14-10-11(13)2/h8-10,12H,4-7H2,1-3H3,(H,14,15). The van der Waals surface area contributed by atoms with Gasteiger partial charge in [-0.2, -0.15) is 0 Å². The van der Waals surface area contributed by atoms with E-state index in [9.17, 15) is 0 Å². The predicted octanol–water partition coefficient (Wildman–Crippen LogP) is 3.77. The fourth-order valence-corrected chi connectivity index (χ4v) is 1.67. The van der Waals surface area contributed by atoms with E-state index in [1.54, 1.807) is 0 Å². The van der Waals surface area contributed by atoms with Crippen molar-refractivity contribution in [2.45, 2.75) is 52.5 Å². The summed E-state index contributed by atoms with van der Waals surface area (Å²) in [5.74, 6) is 0. The zero-order valence-electron chi connectivity index (χ0n) is 10.1. The number of hydrogen-bond acceptors (Lipinski definition) is 2. The Balaban J connectivity index is 2.37. The van der Waals surface area contributed by atoms with Gasteiger partial charge in [-0.1, -0.05) is 26.2 Å². The summed E-state index contributed by atoms with van der Waals surface area (Å²) in [7, 11) is 0. The van der Waals surface area contributed by atoms with Crippen molar-refractivity contribution in [1.82, 2.24) is 4.98 Å². The molecule has 0 radical (unpaired) electrons. The minimum atomic E-state index is 0.553. The third-order valence-electron chi connectivity index (χ3n) is 2.66. The lowest BCUT2D eigenvalue weighted by atomic mass is 10.1. The molecule has 1 rings (SSSR count). The van der Waals surface area contributed by atoms with Gasteiger partial charge in [0.15, 0.2) is 0 Å². The minimum Gasteiger partial charge on any atom is -0.382 e. The minimum absolute atomic E-state index is 0.553. The Hall–Kier alpha value is -1.05. The van der Waals surface area contributed by atoms with Crippen molar-refractivity contribution in [3.8, 4) is 0 Å². The Morgan fingerprint density at radius 1 is 1.40 bits per heavy atom. The van der Waals surface area contributed by atoms with Gasteiger partial charge in [-0.3, -0.25) is 4.98 Å². The summed E-state index contributed by atoms with van der Waals surface area (Å²) in [5, 5.41) is 3.53. The summed E-state index contributed by atoms with van der Waals surface area (Å²) in [4.78, 5) is 4.09. The lowest BCUT2D eigenvalue weighted by Gasteiger charge is -2.16. The van der Waals surface area contributed by atoms with Crippen LogP contribution in [0.3, 0.4) is 0 Å². The van der Waals surface area contributed by atoms with E-state index in [-0.39, 0.29) is 0 Å². The predicted molar refractivity (Wildman–Crippen MR) is 66.2 cm³/mol. The van der Waals surface area contributed by atoms with E-state index in [0.717, 1.165) is 0 Å². The second kappa shape index (κ2) is 6.44. The van der Waals surface area contributed by atoms with Crippen LogP contribution in [0.5, 0.6) is 0 Å². The quantitative estimate of drug-likeness (QED) is 0.717. The van der Waals surface area contributed by atoms with Crippen molar-refractivity contribution < 1.29 is 0 Å². The summed E-state index contributed by atoms with van der Waals surface area (Å²) in [6.07, 6.45) is 8.93. The summed E-state index contributed by atoms with van der Waals surface area (Å²) >= 11 is 0. The van der Waals surface area contributed by atoms with Crippen molar-refractivity contribution in [2.75, 3.05) is 5.32 Å². The van der Waals surface area contributed by atoms with Gasteiger partial charge in [0, 0.05) is 24.1 Å². The maximum absolute atomic E-state index is 4.09. The van der Waals surface area contributed by atoms with E-state index >= 15 is 0 Å². The first kappa shape index (κ1) is 12.0. The van der Waals surface area contributed by atoms with Crippen LogP contribution < -0.4 is 5.32 Å². The van der Waals surface area contributed by atoms with Gasteiger partial charge in [-0.05, 0) is 31.9 Å². The zero-order valence-corrected chi connectivity index (χ0v) is 10.1. The Morgan fingerprint density at radius 3 is 2.87 bits per heavy atom. The van der Waals surface area contributed by atoms with Crippen molar-refractivity contribution in [2.24, 2.45) is 0 Å². The van der Waals surface area contributed by atoms with Gasteiger partial charge in [0.25, 0.3) is 0 Å². The summed E-state index contributed by atoms with van der Waals surface area (Å²) in [6.45, 7) is 6.58. The maximum atomic E-state index is 4.09. The number of hydrogen-bond donors (Lipinski definition) is 1. The highest BCUT2D eigenvalue weighted by Crippen LogP contribution is 2.15. The molecule has 1 heterocycles. The third-order valence-corrected chi connectivity index (χ3v) is 2.66. The molecule has 0 saturated carbocycles. The van der Waals surface area contributed by atoms with Crippen LogP contribution in [-0.2, 0) is 0 Å². The van der Waals surface area contributed by atoms with E-state index < -0.39 is 0 Å². The molecule has 1 atom stereocenters. The van der Waals surface area contributed by atoms with Gasteiger partial charge >= 0.3 is 0 Å². The van der Waals surface area contributed by atoms with Crippen LogP contribution >= 0.6 is 0 Å². The van der Waals surface area contributed by atoms with E-state index in [1.807, 2.05) is 18.5 Å². The molecular weight excluding hydrogens is 184 g/mol. The molecular formula is C13H22N2. The van der Waals surface area contributed by atoms with Crippen LogP contribution in [0, 0.1) is 6.92 Å². The second-order valence-corrected chi connectivity index (χ2v) is 4.23. The van der Waals surface area contributed by atoms with Crippen molar-refractivity contribution in [3.05, 3.63) is 24.0 Å². The van der Waals surface area contributed by atoms with Crippen LogP contribution in [0.15, 0.2) is 18.5 Å². The number of nitrogens with one attached hydrogen (secondary N) is 1. The third kappa shape index (κ3) is 4.32. The molecule has 1 aromatic heterocycles. The largest absolute Gasteiger partial charge is 0.382 e. The van der Waals surface area contributed by atoms with Gasteiger partial charge < -0.3 is 5.32 Å². The Labute approximate surface area is 93.1 Å². The smallest absolute Gasteiger partial charge is 0.0402 e. The topological polar surface area (TPSA) is 24.9 Å². The Kier molecular flexibility index (Phi) is 5.16. The second-order valence-electron chi connectivity index (χ2n) is 4.23. The molecule has 0 aliphatic rings. The molecule has 2 heteroatoms. The summed E-state index contributed by atoms with van der Waals surface area (Å²) in [5.41, 5.74) is 2.44. The van der Waals surface area contributed by atoms with E-state index in [4.69, 9.17) is 0 Å². The van der Waals surface area contributed by atoms with E-state index in [0.29, 0.717) is 6.04 Å². The SMILES string of the molecule is CCCCCC(C)Nc1ccncc1C. The average molecular weight is 206 g/mol. The van der Waals surface area contributed by atoms with Gasteiger partial charge in [0.05, 0.1) is 0 Å². The van der Waals surface area contributed by atoms with Crippen LogP contribution in [0.25, 0.3) is 0 Å². The molecule has 15 heavy (non-hydrogen) atoms. The molecule has 2 nitrogen and oxygen atoms in total. The monoisotopic (exact) mass is 206 g/mol. The van der Waals surface area contributed by atoms with Crippen LogP contribution in [0.2, 0.25) is 0 Å². The van der Waals surface area contributed by atoms with Gasteiger partial charge in [0.1, 0.15) is 0 Å². The lowest BCUT2D eigenvalue weighted by molar-refractivity contribution is 0.615. The number of nitrogens with zero attached hydrogens (tertiary/aromatic N) is 1. The highest BCUT2D eigenvalue weighted by atomic mass is 14.9. The van der Waals surface area contributed by atoms with Crippen LogP contribution in [-0.4, -0.2) is 11.0 Å². The van der Waals surface area contributed by atoms with Crippen molar-refractivity contribution in [3.63, 3.8) is 0 Å². The fraction of sp³-hybridized carbons (Fsp3) is 0.615. The number of pyridine rings is 1. The molecule has 84 valence electrons. The summed E-state index contributed by atoms with van der Waals surface area (Å²) < 4.78 is 0. The number of aromatic nitrogens is 1. The molecule has 0 spiro atoms. The first-order valence-electron chi connectivity index (χ1n) is 5.91. The van der Waals surface area contributed by atoms with Gasteiger partial charge in [-0.15, -0.1) is 0 Å². The molecule has 0 aromatic carbocycles. The molecule has 0 fully saturated rings. The normalized spacial score (nSPS) is 12.5. The Bertz CT molecular complexity index is 284. The van der Waals surface area contributed by atoms with Gasteiger partial charge in [0.2, 0.25) is 0 Å². The van der Waals surface area contributed by atoms with E-state index in [1.165, 1.54) is 36.9 Å². The van der Waals surface area contributed by atoms with Gasteiger partial charge in [-0.25, -0.2) is 0 Å². The average Bonchev–Trinajstić information content (AvgIpc) is 2.22. The number of unbranched alkanes of at least 4 members (excludes halogenated alkanes) is 2. The summed E-state index contributed by atoms with van der Waals surface area (Å²) in [6, 6.07) is 2.60. The molecule has 1 unspecified atom stereocenters. The molecule has 0 aliphatic heterocycles. The molecule has 1 aromatic rings. The highest BCUT2D eigenvalue weighted by molar-refractivity contribution is 5.49. The highest BCUT2D eigenvalue weighted by Gasteiger charge is 2.03. The maximum Gasteiger partial charge on any atom is 0.0402 e. The van der Waals surface area contributed by atoms with Crippen LogP contribution in [0.1, 0.15) is 45.1 Å². The lowest BCUT2D eigenvalue weighted by Crippen LogP contribution is -2.15. The molecule has 0 amide bonds. The number of anilines is 1. The van der Waals surface area contributed by atoms with Crippen LogP contribution in [0.4, 0.5) is 5.69 Å². The number of rotatable bonds is 6. The van der Waals surface area contributed by atoms with Crippen molar-refractivity contribution >= 4 is 5.69 Å². The molecule has 0 saturated heterocycles. The zero-order chi connectivity index (χ0) is 11.1. The van der Waals surface area contributed by atoms with E-state index in [2.05, 4.69) is 31.1 Å². The molecule has 0 bridgehead atoms. The molecule has 1 N–H and O–H groups in total. The first-order valence-corrected chi connectivity index (χ1v) is 5.91. The Morgan fingerprint density at radius 2 is 2.20 bits per heavy atom. The van der Waals surface area contributed by atoms with Crippen molar-refractivity contribution in [1.29, 1.82) is 0 Å². The fourth-order valence-electron chi connectivity index (χ4n) is 1.67. The molecule has 0 aliphatic carbocycles. The number of aryl methyl sites for hydroxylation is 1. The first-order chi connectivity index (χ1) is 7.24.